The first-order valence-corrected chi connectivity index (χ1v) is 19.3. The van der Waals surface area contributed by atoms with E-state index in [0.29, 0.717) is 24.2 Å². The Labute approximate surface area is 297 Å². The standard InChI is InChI=1S/2C16H28N2O4Si.Pd/c2*1-14-6-7-16(19)15(12-14)13-18-10-9-17-8-5-11-23(20-2,21-3)22-4;/h2*6-7,12-13,17,19H,5,8-11H2,1-4H3;/q;;+2/p-2. The molecule has 2 N–H and O–H groups in total. The van der Waals surface area contributed by atoms with Gasteiger partial charge in [-0.25, -0.2) is 0 Å². The van der Waals surface area contributed by atoms with Gasteiger partial charge in [0.25, 0.3) is 0 Å². The Morgan fingerprint density at radius 2 is 0.936 bits per heavy atom. The predicted octanol–water partition coefficient (Wildman–Crippen LogP) is 2.69. The summed E-state index contributed by atoms with van der Waals surface area (Å²) in [5, 5.41) is 29.8. The van der Waals surface area contributed by atoms with E-state index in [9.17, 15) is 10.2 Å². The number of rotatable bonds is 22. The zero-order valence-corrected chi connectivity index (χ0v) is 32.7. The molecule has 0 heterocycles. The SMILES string of the molecule is CO[Si](CCCNCCN=Cc1cc(C)ccc1[O-])(OC)OC.CO[Si](CCCNCCN=Cc1cc(C)ccc1[O-])(OC)OC.[Pd+2]. The smallest absolute Gasteiger partial charge is 0.872 e. The van der Waals surface area contributed by atoms with Crippen molar-refractivity contribution >= 4 is 30.0 Å². The molecule has 0 aromatic heterocycles. The maximum Gasteiger partial charge on any atom is 2.00 e. The van der Waals surface area contributed by atoms with Gasteiger partial charge >= 0.3 is 38.0 Å². The first-order chi connectivity index (χ1) is 22.1. The summed E-state index contributed by atoms with van der Waals surface area (Å²) >= 11 is 0. The number of hydrogen-bond donors (Lipinski definition) is 2. The molecule has 2 rings (SSSR count). The van der Waals surface area contributed by atoms with Gasteiger partial charge in [0.05, 0.1) is 13.1 Å². The van der Waals surface area contributed by atoms with Crippen LogP contribution in [0.3, 0.4) is 0 Å². The van der Waals surface area contributed by atoms with Crippen molar-refractivity contribution in [2.75, 3.05) is 81.9 Å². The van der Waals surface area contributed by atoms with E-state index in [1.165, 1.54) is 0 Å². The minimum atomic E-state index is -2.45. The van der Waals surface area contributed by atoms with Crippen LogP contribution in [0.4, 0.5) is 0 Å². The first-order valence-electron chi connectivity index (χ1n) is 15.4. The van der Waals surface area contributed by atoms with Crippen LogP contribution >= 0.6 is 0 Å². The van der Waals surface area contributed by atoms with E-state index >= 15 is 0 Å². The van der Waals surface area contributed by atoms with Crippen molar-refractivity contribution in [1.82, 2.24) is 10.6 Å². The largest absolute Gasteiger partial charge is 2.00 e. The van der Waals surface area contributed by atoms with Crippen LogP contribution in [0.1, 0.15) is 35.1 Å². The van der Waals surface area contributed by atoms with Crippen LogP contribution < -0.4 is 20.8 Å². The van der Waals surface area contributed by atoms with Crippen LogP contribution in [0.25, 0.3) is 0 Å². The van der Waals surface area contributed by atoms with Crippen molar-refractivity contribution < 1.29 is 57.2 Å². The van der Waals surface area contributed by atoms with E-state index in [4.69, 9.17) is 26.6 Å². The third-order valence-corrected chi connectivity index (χ3v) is 12.8. The van der Waals surface area contributed by atoms with Crippen LogP contribution in [0.15, 0.2) is 46.4 Å². The fourth-order valence-electron chi connectivity index (χ4n) is 4.37. The monoisotopic (exact) mass is 784 g/mol. The summed E-state index contributed by atoms with van der Waals surface area (Å²) in [7, 11) is 4.83. The zero-order chi connectivity index (χ0) is 34.3. The summed E-state index contributed by atoms with van der Waals surface area (Å²) in [6, 6.07) is 12.0. The van der Waals surface area contributed by atoms with Gasteiger partial charge in [-0.05, 0) is 50.9 Å². The van der Waals surface area contributed by atoms with Gasteiger partial charge in [-0.15, -0.1) is 11.5 Å². The van der Waals surface area contributed by atoms with Gasteiger partial charge in [0.2, 0.25) is 0 Å². The molecule has 0 amide bonds. The van der Waals surface area contributed by atoms with E-state index in [1.807, 2.05) is 38.1 Å². The molecular formula is C32H54N4O8PdSi2. The minimum absolute atomic E-state index is 0. The second-order valence-electron chi connectivity index (χ2n) is 10.5. The molecule has 0 unspecified atom stereocenters. The second kappa shape index (κ2) is 26.1. The molecule has 268 valence electrons. The Morgan fingerprint density at radius 3 is 1.26 bits per heavy atom. The van der Waals surface area contributed by atoms with Gasteiger partial charge < -0.3 is 47.4 Å². The maximum atomic E-state index is 11.6. The number of aryl methyl sites for hydroxylation is 2. The Morgan fingerprint density at radius 1 is 0.596 bits per heavy atom. The first kappa shape index (κ1) is 45.2. The molecule has 0 saturated heterocycles. The average Bonchev–Trinajstić information content (AvgIpc) is 3.07. The Hall–Kier alpha value is -1.84. The van der Waals surface area contributed by atoms with E-state index in [-0.39, 0.29) is 31.9 Å². The molecule has 0 aliphatic carbocycles. The molecule has 0 fully saturated rings. The molecule has 0 radical (unpaired) electrons. The molecule has 0 spiro atoms. The van der Waals surface area contributed by atoms with E-state index in [2.05, 4.69) is 20.6 Å². The normalized spacial score (nSPS) is 11.9. The predicted molar refractivity (Wildman–Crippen MR) is 184 cm³/mol. The molecule has 0 atom stereocenters. The molecule has 47 heavy (non-hydrogen) atoms. The molecular weight excluding hydrogens is 731 g/mol. The third-order valence-electron chi connectivity index (χ3n) is 7.17. The molecule has 2 aromatic carbocycles. The van der Waals surface area contributed by atoms with Gasteiger partial charge in [-0.1, -0.05) is 47.5 Å². The van der Waals surface area contributed by atoms with E-state index < -0.39 is 17.6 Å². The summed E-state index contributed by atoms with van der Waals surface area (Å²) in [6.45, 7) is 8.40. The van der Waals surface area contributed by atoms with Gasteiger partial charge in [-0.2, -0.15) is 0 Å². The topological polar surface area (TPSA) is 150 Å². The minimum Gasteiger partial charge on any atom is -0.872 e. The van der Waals surface area contributed by atoms with Crippen molar-refractivity contribution in [2.45, 2.75) is 38.8 Å². The van der Waals surface area contributed by atoms with Crippen LogP contribution in [-0.2, 0) is 47.0 Å². The molecule has 2 aromatic rings. The molecule has 15 heteroatoms. The van der Waals surface area contributed by atoms with Gasteiger partial charge in [0, 0.05) is 80.3 Å². The molecule has 0 aliphatic rings. The van der Waals surface area contributed by atoms with Crippen molar-refractivity contribution in [3.8, 4) is 11.5 Å². The van der Waals surface area contributed by atoms with Crippen LogP contribution in [0.5, 0.6) is 11.5 Å². The number of benzene rings is 2. The third kappa shape index (κ3) is 17.9. The van der Waals surface area contributed by atoms with Crippen LogP contribution in [0, 0.1) is 13.8 Å². The quantitative estimate of drug-likeness (QED) is 0.104. The number of nitrogens with zero attached hydrogens (tertiary/aromatic N) is 2. The zero-order valence-electron chi connectivity index (χ0n) is 29.2. The Bertz CT molecular complexity index is 1070. The molecule has 0 bridgehead atoms. The summed E-state index contributed by atoms with van der Waals surface area (Å²) in [6.07, 6.45) is 5.12. The van der Waals surface area contributed by atoms with Gasteiger partial charge in [-0.3, -0.25) is 9.98 Å². The van der Waals surface area contributed by atoms with E-state index in [0.717, 1.165) is 62.2 Å². The molecule has 0 saturated carbocycles. The fourth-order valence-corrected chi connectivity index (χ4v) is 7.82. The second-order valence-corrected chi connectivity index (χ2v) is 16.6. The van der Waals surface area contributed by atoms with Crippen molar-refractivity contribution in [2.24, 2.45) is 9.98 Å². The fraction of sp³-hybridized carbons (Fsp3) is 0.562. The Balaban J connectivity index is 0.000000882. The summed E-state index contributed by atoms with van der Waals surface area (Å²) in [5.41, 5.74) is 3.40. The van der Waals surface area contributed by atoms with Crippen molar-refractivity contribution in [3.05, 3.63) is 58.7 Å². The van der Waals surface area contributed by atoms with E-state index in [1.54, 1.807) is 67.2 Å². The van der Waals surface area contributed by atoms with Gasteiger partial charge in [0.1, 0.15) is 0 Å². The van der Waals surface area contributed by atoms with Crippen molar-refractivity contribution in [1.29, 1.82) is 0 Å². The van der Waals surface area contributed by atoms with Crippen LogP contribution in [-0.4, -0.2) is 112 Å². The van der Waals surface area contributed by atoms with Gasteiger partial charge in [0.15, 0.2) is 0 Å². The maximum absolute atomic E-state index is 11.6. The number of aliphatic imine (C=N–C) groups is 2. The number of hydrogen-bond acceptors (Lipinski definition) is 12. The average molecular weight is 785 g/mol. The molecule has 0 aliphatic heterocycles. The van der Waals surface area contributed by atoms with Crippen LogP contribution in [0.2, 0.25) is 12.1 Å². The number of nitrogens with one attached hydrogen (secondary N) is 2. The van der Waals surface area contributed by atoms with Crippen molar-refractivity contribution in [3.63, 3.8) is 0 Å². The summed E-state index contributed by atoms with van der Waals surface area (Å²) in [4.78, 5) is 8.57. The summed E-state index contributed by atoms with van der Waals surface area (Å²) in [5.74, 6) is 0.0135. The Kier molecular flexibility index (Phi) is 25.1. The summed E-state index contributed by atoms with van der Waals surface area (Å²) < 4.78 is 32.2. The molecule has 12 nitrogen and oxygen atoms in total.